The Morgan fingerprint density at radius 2 is 1.79 bits per heavy atom. The lowest BCUT2D eigenvalue weighted by Crippen LogP contribution is -2.11. The van der Waals surface area contributed by atoms with Gasteiger partial charge in [0.2, 0.25) is 0 Å². The Hall–Kier alpha value is -4.45. The zero-order valence-electron chi connectivity index (χ0n) is 21.2. The first kappa shape index (κ1) is 26.6. The van der Waals surface area contributed by atoms with Crippen molar-refractivity contribution in [3.8, 4) is 34.4 Å². The fourth-order valence-corrected chi connectivity index (χ4v) is 4.29. The summed E-state index contributed by atoms with van der Waals surface area (Å²) in [4.78, 5) is 8.80. The van der Waals surface area contributed by atoms with Crippen LogP contribution in [0.3, 0.4) is 0 Å². The molecule has 2 heterocycles. The second-order valence-electron chi connectivity index (χ2n) is 8.57. The summed E-state index contributed by atoms with van der Waals surface area (Å²) in [6.07, 6.45) is 3.02. The van der Waals surface area contributed by atoms with Crippen LogP contribution in [0.25, 0.3) is 22.6 Å². The second kappa shape index (κ2) is 11.7. The van der Waals surface area contributed by atoms with E-state index in [1.807, 2.05) is 85.3 Å². The van der Waals surface area contributed by atoms with E-state index in [4.69, 9.17) is 14.0 Å². The minimum absolute atomic E-state index is 0. The smallest absolute Gasteiger partial charge is 0.261 e. The molecule has 0 N–H and O–H groups in total. The van der Waals surface area contributed by atoms with Crippen LogP contribution in [0.1, 0.15) is 34.3 Å². The highest BCUT2D eigenvalue weighted by Gasteiger charge is 2.22. The molecule has 0 fully saturated rings. The Morgan fingerprint density at radius 1 is 1.03 bits per heavy atom. The number of aryl methyl sites for hydroxylation is 2. The van der Waals surface area contributed by atoms with Crippen molar-refractivity contribution in [2.24, 2.45) is 7.05 Å². The number of hydrogen-bond acceptors (Lipinski definition) is 7. The molecule has 5 aromatic rings. The number of rotatable bonds is 8. The molecule has 0 spiro atoms. The molecule has 38 heavy (non-hydrogen) atoms. The maximum absolute atomic E-state index is 9.78. The minimum atomic E-state index is -0.476. The highest BCUT2D eigenvalue weighted by molar-refractivity contribution is 5.85. The van der Waals surface area contributed by atoms with Gasteiger partial charge in [-0.05, 0) is 47.9 Å². The molecule has 0 bridgehead atoms. The fraction of sp³-hybridized carbons (Fsp3) is 0.172. The fourth-order valence-electron chi connectivity index (χ4n) is 4.29. The number of benzene rings is 3. The molecule has 2 aromatic heterocycles. The molecule has 9 heteroatoms. The number of aromatic nitrogens is 4. The van der Waals surface area contributed by atoms with E-state index in [0.717, 1.165) is 27.9 Å². The summed E-state index contributed by atoms with van der Waals surface area (Å²) in [5.74, 6) is 1.40. The lowest BCUT2D eigenvalue weighted by molar-refractivity contribution is 0.0567. The largest absolute Gasteiger partial charge is 0.496 e. The number of hydrogen-bond donors (Lipinski definition) is 0. The van der Waals surface area contributed by atoms with Gasteiger partial charge in [-0.25, -0.2) is 4.98 Å². The van der Waals surface area contributed by atoms with Crippen LogP contribution >= 0.6 is 12.4 Å². The van der Waals surface area contributed by atoms with Crippen LogP contribution in [0.4, 0.5) is 0 Å². The van der Waals surface area contributed by atoms with Crippen molar-refractivity contribution in [2.75, 3.05) is 7.11 Å². The third-order valence-electron chi connectivity index (χ3n) is 6.21. The van der Waals surface area contributed by atoms with Crippen LogP contribution in [0.5, 0.6) is 5.75 Å². The standard InChI is InChI=1S/C29H25N5O3.ClH/c1-19-8-4-5-9-22(19)24-14-20(12-13-21(24)15-30)28(25-16-31-18-34(25)2)36-17-27-32-29(37-33-27)23-10-6-7-11-26(23)35-3;/h4-14,16,18,28H,17H2,1-3H3;1H. The summed E-state index contributed by atoms with van der Waals surface area (Å²) in [6, 6.07) is 23.5. The van der Waals surface area contributed by atoms with Crippen molar-refractivity contribution in [3.63, 3.8) is 0 Å². The highest BCUT2D eigenvalue weighted by atomic mass is 35.5. The molecule has 0 saturated heterocycles. The summed E-state index contributed by atoms with van der Waals surface area (Å²) >= 11 is 0. The van der Waals surface area contributed by atoms with Crippen molar-refractivity contribution in [2.45, 2.75) is 19.6 Å². The van der Waals surface area contributed by atoms with Crippen molar-refractivity contribution in [1.29, 1.82) is 5.26 Å². The summed E-state index contributed by atoms with van der Waals surface area (Å²) in [7, 11) is 3.51. The molecule has 1 atom stereocenters. The van der Waals surface area contributed by atoms with Crippen LogP contribution in [0.2, 0.25) is 0 Å². The van der Waals surface area contributed by atoms with Gasteiger partial charge >= 0.3 is 0 Å². The zero-order chi connectivity index (χ0) is 25.8. The molecular weight excluding hydrogens is 502 g/mol. The third kappa shape index (κ3) is 5.30. The summed E-state index contributed by atoms with van der Waals surface area (Å²) in [6.45, 7) is 2.14. The van der Waals surface area contributed by atoms with Gasteiger partial charge in [-0.3, -0.25) is 0 Å². The summed E-state index contributed by atoms with van der Waals surface area (Å²) in [5.41, 5.74) is 5.99. The minimum Gasteiger partial charge on any atom is -0.496 e. The van der Waals surface area contributed by atoms with E-state index in [2.05, 4.69) is 21.2 Å². The Balaban J connectivity index is 0.00000336. The molecule has 0 saturated carbocycles. The van der Waals surface area contributed by atoms with Crippen LogP contribution < -0.4 is 4.74 Å². The molecule has 5 rings (SSSR count). The quantitative estimate of drug-likeness (QED) is 0.242. The molecule has 8 nitrogen and oxygen atoms in total. The highest BCUT2D eigenvalue weighted by Crippen LogP contribution is 2.34. The van der Waals surface area contributed by atoms with Gasteiger partial charge in [0.25, 0.3) is 5.89 Å². The number of nitriles is 1. The second-order valence-corrected chi connectivity index (χ2v) is 8.57. The molecule has 0 aliphatic rings. The Labute approximate surface area is 226 Å². The lowest BCUT2D eigenvalue weighted by atomic mass is 9.93. The van der Waals surface area contributed by atoms with E-state index >= 15 is 0 Å². The monoisotopic (exact) mass is 527 g/mol. The molecule has 0 amide bonds. The molecule has 0 aliphatic carbocycles. The maximum Gasteiger partial charge on any atom is 0.261 e. The van der Waals surface area contributed by atoms with Gasteiger partial charge in [0.1, 0.15) is 18.5 Å². The molecule has 1 unspecified atom stereocenters. The van der Waals surface area contributed by atoms with Crippen molar-refractivity contribution in [3.05, 3.63) is 107 Å². The average Bonchev–Trinajstić information content (AvgIpc) is 3.58. The van der Waals surface area contributed by atoms with Crippen LogP contribution in [0.15, 0.2) is 83.8 Å². The topological polar surface area (TPSA) is 99.0 Å². The van der Waals surface area contributed by atoms with E-state index in [-0.39, 0.29) is 19.0 Å². The van der Waals surface area contributed by atoms with Gasteiger partial charge in [0.05, 0.1) is 42.5 Å². The van der Waals surface area contributed by atoms with Crippen molar-refractivity contribution in [1.82, 2.24) is 19.7 Å². The number of imidazole rings is 1. The zero-order valence-corrected chi connectivity index (χ0v) is 22.0. The van der Waals surface area contributed by atoms with Gasteiger partial charge in [0.15, 0.2) is 5.82 Å². The predicted octanol–water partition coefficient (Wildman–Crippen LogP) is 6.05. The Kier molecular flexibility index (Phi) is 8.22. The van der Waals surface area contributed by atoms with E-state index in [9.17, 15) is 5.26 Å². The first-order valence-electron chi connectivity index (χ1n) is 11.7. The van der Waals surface area contributed by atoms with Gasteiger partial charge in [-0.15, -0.1) is 12.4 Å². The first-order chi connectivity index (χ1) is 18.1. The number of ether oxygens (including phenoxy) is 2. The van der Waals surface area contributed by atoms with Gasteiger partial charge in [0, 0.05) is 12.6 Å². The van der Waals surface area contributed by atoms with Gasteiger partial charge in [-0.1, -0.05) is 47.6 Å². The van der Waals surface area contributed by atoms with Crippen molar-refractivity contribution < 1.29 is 14.0 Å². The third-order valence-corrected chi connectivity index (χ3v) is 6.21. The van der Waals surface area contributed by atoms with Gasteiger partial charge in [-0.2, -0.15) is 10.2 Å². The van der Waals surface area contributed by atoms with Crippen LogP contribution in [0, 0.1) is 18.3 Å². The summed E-state index contributed by atoms with van der Waals surface area (Å²) < 4.78 is 19.2. The van der Waals surface area contributed by atoms with E-state index in [1.54, 1.807) is 19.6 Å². The number of methoxy groups -OCH3 is 1. The van der Waals surface area contributed by atoms with E-state index in [0.29, 0.717) is 28.6 Å². The Morgan fingerprint density at radius 3 is 2.50 bits per heavy atom. The van der Waals surface area contributed by atoms with Crippen molar-refractivity contribution >= 4 is 12.4 Å². The lowest BCUT2D eigenvalue weighted by Gasteiger charge is -2.20. The molecular formula is C29H26ClN5O3. The van der Waals surface area contributed by atoms with E-state index in [1.165, 1.54) is 0 Å². The Bertz CT molecular complexity index is 1590. The normalized spacial score (nSPS) is 11.4. The SMILES string of the molecule is COc1ccccc1-c1nc(COC(c2ccc(C#N)c(-c3ccccc3C)c2)c2cncn2C)no1.Cl. The predicted molar refractivity (Wildman–Crippen MR) is 145 cm³/mol. The summed E-state index contributed by atoms with van der Waals surface area (Å²) in [5, 5.41) is 13.9. The molecule has 192 valence electrons. The average molecular weight is 528 g/mol. The molecule has 0 aliphatic heterocycles. The number of halogens is 1. The van der Waals surface area contributed by atoms with Crippen LogP contribution in [-0.4, -0.2) is 26.8 Å². The van der Waals surface area contributed by atoms with E-state index < -0.39 is 6.10 Å². The first-order valence-corrected chi connectivity index (χ1v) is 11.7. The maximum atomic E-state index is 9.78. The number of nitrogens with zero attached hydrogens (tertiary/aromatic N) is 5. The number of para-hydroxylation sites is 1. The molecule has 3 aromatic carbocycles. The van der Waals surface area contributed by atoms with Crippen LogP contribution in [-0.2, 0) is 18.4 Å². The molecule has 0 radical (unpaired) electrons. The van der Waals surface area contributed by atoms with Gasteiger partial charge < -0.3 is 18.6 Å².